The van der Waals surface area contributed by atoms with Crippen molar-refractivity contribution in [1.82, 2.24) is 39.5 Å². The minimum absolute atomic E-state index is 0.0727. The molecule has 1 N–H and O–H groups in total. The summed E-state index contributed by atoms with van der Waals surface area (Å²) in [7, 11) is -4.10. The Balaban J connectivity index is 0.000000297. The second-order valence-corrected chi connectivity index (χ2v) is 33.6. The van der Waals surface area contributed by atoms with Gasteiger partial charge in [-0.25, -0.2) is 19.9 Å². The van der Waals surface area contributed by atoms with Crippen molar-refractivity contribution in [3.05, 3.63) is 145 Å². The molecule has 4 aromatic heterocycles. The highest BCUT2D eigenvalue weighted by molar-refractivity contribution is 9.10. The summed E-state index contributed by atoms with van der Waals surface area (Å²) in [5, 5.41) is 13.0. The van der Waals surface area contributed by atoms with Crippen LogP contribution in [0.4, 0.5) is 5.82 Å². The number of aryl methyl sites for hydroxylation is 2. The molecular formula is C53H70Br2ClN9O4Si2. The third kappa shape index (κ3) is 13.7. The maximum absolute atomic E-state index is 13.9. The van der Waals surface area contributed by atoms with Crippen LogP contribution < -0.4 is 5.32 Å². The molecule has 0 saturated heterocycles. The fourth-order valence-corrected chi connectivity index (χ4v) is 17.2. The van der Waals surface area contributed by atoms with Gasteiger partial charge in [0.05, 0.1) is 30.3 Å². The van der Waals surface area contributed by atoms with Gasteiger partial charge in [0.15, 0.2) is 8.32 Å². The number of halogens is 3. The van der Waals surface area contributed by atoms with Gasteiger partial charge in [-0.15, -0.1) is 0 Å². The van der Waals surface area contributed by atoms with Gasteiger partial charge in [-0.2, -0.15) is 10.2 Å². The van der Waals surface area contributed by atoms with Crippen LogP contribution in [0, 0.1) is 19.8 Å². The molecule has 13 nitrogen and oxygen atoms in total. The lowest BCUT2D eigenvalue weighted by Gasteiger charge is -2.45. The van der Waals surface area contributed by atoms with E-state index in [9.17, 15) is 9.59 Å². The Kier molecular flexibility index (Phi) is 18.8. The number of aromatic nitrogens is 8. The molecule has 18 heteroatoms. The summed E-state index contributed by atoms with van der Waals surface area (Å²) in [4.78, 5) is 42.9. The predicted molar refractivity (Wildman–Crippen MR) is 296 cm³/mol. The van der Waals surface area contributed by atoms with Gasteiger partial charge >= 0.3 is 0 Å². The molecule has 3 atom stereocenters. The second kappa shape index (κ2) is 23.8. The van der Waals surface area contributed by atoms with Crippen LogP contribution in [0.5, 0.6) is 0 Å². The highest BCUT2D eigenvalue weighted by Gasteiger charge is 2.50. The van der Waals surface area contributed by atoms with Gasteiger partial charge in [0.2, 0.25) is 19.9 Å². The summed E-state index contributed by atoms with van der Waals surface area (Å²) < 4.78 is 20.0. The monoisotopic (exact) mass is 1150 g/mol. The molecule has 1 saturated carbocycles. The zero-order chi connectivity index (χ0) is 52.0. The Labute approximate surface area is 444 Å². The molecule has 6 aromatic rings. The van der Waals surface area contributed by atoms with Crippen molar-refractivity contribution in [1.29, 1.82) is 0 Å². The Bertz CT molecular complexity index is 2770. The van der Waals surface area contributed by atoms with Crippen molar-refractivity contribution < 1.29 is 18.4 Å². The topological polar surface area (TPSA) is 152 Å². The predicted octanol–water partition coefficient (Wildman–Crippen LogP) is 13.5. The lowest BCUT2D eigenvalue weighted by molar-refractivity contribution is 0.0970. The summed E-state index contributed by atoms with van der Waals surface area (Å²) in [6, 6.07) is 19.7. The van der Waals surface area contributed by atoms with E-state index in [-0.39, 0.29) is 45.4 Å². The molecule has 0 unspecified atom stereocenters. The lowest BCUT2D eigenvalue weighted by atomic mass is 10.1. The maximum Gasteiger partial charge on any atom is 0.218 e. The van der Waals surface area contributed by atoms with E-state index in [2.05, 4.69) is 150 Å². The van der Waals surface area contributed by atoms with Gasteiger partial charge in [-0.1, -0.05) is 130 Å². The maximum atomic E-state index is 13.9. The van der Waals surface area contributed by atoms with E-state index in [0.29, 0.717) is 59.1 Å². The van der Waals surface area contributed by atoms with Crippen LogP contribution in [0.25, 0.3) is 0 Å². The minimum Gasteiger partial charge on any atom is -0.416 e. The molecule has 1 aliphatic rings. The molecule has 2 aromatic carbocycles. The van der Waals surface area contributed by atoms with Crippen LogP contribution in [0.2, 0.25) is 39.9 Å². The molecule has 0 amide bonds. The highest BCUT2D eigenvalue weighted by Crippen LogP contribution is 2.47. The average Bonchev–Trinajstić information content (AvgIpc) is 3.99. The molecule has 0 bridgehead atoms. The van der Waals surface area contributed by atoms with Crippen LogP contribution in [-0.2, 0) is 21.9 Å². The summed E-state index contributed by atoms with van der Waals surface area (Å²) in [6.07, 6.45) is 7.61. The number of nitrogens with zero attached hydrogens (tertiary/aromatic N) is 8. The number of carbonyl (C=O) groups is 2. The van der Waals surface area contributed by atoms with Crippen molar-refractivity contribution in [2.75, 3.05) is 11.9 Å². The van der Waals surface area contributed by atoms with Crippen LogP contribution in [0.1, 0.15) is 130 Å². The fraction of sp³-hybridized carbons (Fsp3) is 0.472. The zero-order valence-electron chi connectivity index (χ0n) is 43.4. The molecule has 4 heterocycles. The van der Waals surface area contributed by atoms with Gasteiger partial charge in [-0.3, -0.25) is 19.0 Å². The van der Waals surface area contributed by atoms with Crippen LogP contribution in [0.3, 0.4) is 0 Å². The van der Waals surface area contributed by atoms with Crippen LogP contribution in [-0.4, -0.2) is 86.5 Å². The van der Waals surface area contributed by atoms with Crippen molar-refractivity contribution in [3.8, 4) is 0 Å². The van der Waals surface area contributed by atoms with Gasteiger partial charge in [0.1, 0.15) is 35.0 Å². The summed E-state index contributed by atoms with van der Waals surface area (Å²) in [5.41, 5.74) is 6.86. The fourth-order valence-electron chi connectivity index (χ4n) is 9.45. The quantitative estimate of drug-likeness (QED) is 0.0497. The van der Waals surface area contributed by atoms with Gasteiger partial charge in [0.25, 0.3) is 0 Å². The van der Waals surface area contributed by atoms with Crippen molar-refractivity contribution >= 4 is 77.5 Å². The standard InChI is InChI=1S/C37H58BrN5O3Si2.C16H12BrClN4O/c1-24(2)48(25(3)4,26(5)6)46-34-19-31(18-29(34)22-45-47(11,12)37(8,9)10)41-36-32(20-39-23-40-36)35(44)33-16-27(7)43(42-33)21-28-14-13-15-30(38)17-28;1-10-5-14(15(23)13-7-19-9-20-16(13)18)21-22(10)8-11-3-2-4-12(17)6-11/h13-17,20,23-26,29,31,34H,18-19,21-22H2,1-12H3,(H,39,40,41);2-7,9H,8H2,1H3/t29-,31-,34+;/m1./s1. The number of benzene rings is 2. The Morgan fingerprint density at radius 1 is 0.761 bits per heavy atom. The molecule has 1 aliphatic carbocycles. The lowest BCUT2D eigenvalue weighted by Crippen LogP contribution is -2.51. The molecule has 1 fully saturated rings. The van der Waals surface area contributed by atoms with E-state index >= 15 is 0 Å². The summed E-state index contributed by atoms with van der Waals surface area (Å²) >= 11 is 12.9. The van der Waals surface area contributed by atoms with Crippen molar-refractivity contribution in [2.45, 2.75) is 149 Å². The minimum atomic E-state index is -2.14. The Morgan fingerprint density at radius 3 is 1.73 bits per heavy atom. The molecule has 0 spiro atoms. The highest BCUT2D eigenvalue weighted by atomic mass is 79.9. The van der Waals surface area contributed by atoms with Crippen molar-refractivity contribution in [3.63, 3.8) is 0 Å². The van der Waals surface area contributed by atoms with E-state index < -0.39 is 16.6 Å². The van der Waals surface area contributed by atoms with E-state index in [1.54, 1.807) is 16.9 Å². The SMILES string of the molecule is Cc1cc(C(=O)c2cncnc2Cl)nn1Cc1cccc(Br)c1.Cc1cc(C(=O)c2cncnc2N[C@@H]2C[C@H](CO[Si](C)(C)C(C)(C)C)[C@@H](O[Si](C(C)C)(C(C)C)C(C)C)C2)nn1Cc1cccc(Br)c1. The first-order valence-corrected chi connectivity index (χ1v) is 31.4. The number of hydrogen-bond acceptors (Lipinski definition) is 11. The second-order valence-electron chi connectivity index (χ2n) is 21.2. The van der Waals surface area contributed by atoms with Crippen LogP contribution >= 0.6 is 43.5 Å². The van der Waals surface area contributed by atoms with Gasteiger partial charge < -0.3 is 14.2 Å². The normalized spacial score (nSPS) is 16.4. The first kappa shape index (κ1) is 56.1. The molecular weight excluding hydrogens is 1080 g/mol. The Hall–Kier alpha value is -4.24. The molecule has 7 rings (SSSR count). The van der Waals surface area contributed by atoms with E-state index in [1.165, 1.54) is 18.9 Å². The first-order valence-electron chi connectivity index (χ1n) is 24.4. The van der Waals surface area contributed by atoms with Crippen LogP contribution in [0.15, 0.2) is 94.7 Å². The smallest absolute Gasteiger partial charge is 0.218 e. The molecule has 0 aliphatic heterocycles. The van der Waals surface area contributed by atoms with Gasteiger partial charge in [-0.05, 0) is 109 Å². The number of anilines is 1. The number of nitrogens with one attached hydrogen (secondary N) is 1. The van der Waals surface area contributed by atoms with E-state index in [4.69, 9.17) is 25.6 Å². The van der Waals surface area contributed by atoms with Crippen molar-refractivity contribution in [2.24, 2.45) is 5.92 Å². The third-order valence-electron chi connectivity index (χ3n) is 14.2. The molecule has 71 heavy (non-hydrogen) atoms. The number of ketones is 2. The molecule has 0 radical (unpaired) electrons. The van der Waals surface area contributed by atoms with E-state index in [1.807, 2.05) is 61.0 Å². The summed E-state index contributed by atoms with van der Waals surface area (Å²) in [6.45, 7) is 31.3. The van der Waals surface area contributed by atoms with Gasteiger partial charge in [0, 0.05) is 51.3 Å². The average molecular weight is 1150 g/mol. The van der Waals surface area contributed by atoms with E-state index in [0.717, 1.165) is 44.3 Å². The Morgan fingerprint density at radius 2 is 1.25 bits per heavy atom. The number of carbonyl (C=O) groups excluding carboxylic acids is 2. The molecule has 380 valence electrons. The largest absolute Gasteiger partial charge is 0.416 e. The number of rotatable bonds is 18. The number of hydrogen-bond donors (Lipinski definition) is 1. The summed E-state index contributed by atoms with van der Waals surface area (Å²) in [5.74, 6) is 0.316. The zero-order valence-corrected chi connectivity index (χ0v) is 49.4. The first-order chi connectivity index (χ1) is 33.4. The third-order valence-corrected chi connectivity index (χ3v) is 26.1.